The monoisotopic (exact) mass is 445 g/mol. The first-order chi connectivity index (χ1) is 15.1. The molecule has 0 bridgehead atoms. The predicted octanol–water partition coefficient (Wildman–Crippen LogP) is 5.64. The first-order valence-corrected chi connectivity index (χ1v) is 12.1. The predicted molar refractivity (Wildman–Crippen MR) is 122 cm³/mol. The molecule has 0 aromatic heterocycles. The smallest absolute Gasteiger partial charge is 0.412 e. The summed E-state index contributed by atoms with van der Waals surface area (Å²) in [5.74, 6) is 0.559. The number of hydrogen-bond acceptors (Lipinski definition) is 5. The number of nitrogens with zero attached hydrogens (tertiary/aromatic N) is 1. The van der Waals surface area contributed by atoms with Crippen molar-refractivity contribution in [3.05, 3.63) is 35.9 Å². The standard InChI is InChI=1S/C26H39NO5/c1-24(2)21(30-18-31-24)22-26(5,16-19-12-8-6-9-13-19)27(25(3,4)32-22)23(28)29-17-20-14-10-7-11-15-20/h7,10-11,14-15,19,21-22H,6,8-9,12-13,16-18H2,1-5H3. The Morgan fingerprint density at radius 1 is 1.03 bits per heavy atom. The van der Waals surface area contributed by atoms with Crippen LogP contribution in [0.1, 0.15) is 78.7 Å². The second-order valence-corrected chi connectivity index (χ2v) is 10.9. The summed E-state index contributed by atoms with van der Waals surface area (Å²) in [5, 5.41) is 0. The number of carbonyl (C=O) groups is 1. The summed E-state index contributed by atoms with van der Waals surface area (Å²) in [5.41, 5.74) is -0.893. The maximum atomic E-state index is 13.6. The fourth-order valence-corrected chi connectivity index (χ4v) is 6.01. The van der Waals surface area contributed by atoms with Crippen molar-refractivity contribution in [3.8, 4) is 0 Å². The van der Waals surface area contributed by atoms with E-state index in [2.05, 4.69) is 6.92 Å². The molecule has 1 saturated carbocycles. The van der Waals surface area contributed by atoms with E-state index in [0.717, 1.165) is 12.0 Å². The molecule has 0 radical (unpaired) electrons. The molecule has 0 N–H and O–H groups in total. The number of ether oxygens (including phenoxy) is 4. The largest absolute Gasteiger partial charge is 0.444 e. The average molecular weight is 446 g/mol. The molecule has 178 valence electrons. The van der Waals surface area contributed by atoms with E-state index in [1.54, 1.807) is 0 Å². The Kier molecular flexibility index (Phi) is 6.59. The van der Waals surface area contributed by atoms with Gasteiger partial charge in [-0.1, -0.05) is 62.4 Å². The Morgan fingerprint density at radius 3 is 2.34 bits per heavy atom. The van der Waals surface area contributed by atoms with Gasteiger partial charge in [0.2, 0.25) is 0 Å². The van der Waals surface area contributed by atoms with Crippen LogP contribution in [0.15, 0.2) is 30.3 Å². The van der Waals surface area contributed by atoms with E-state index in [-0.39, 0.29) is 31.7 Å². The Bertz CT molecular complexity index is 789. The van der Waals surface area contributed by atoms with Crippen molar-refractivity contribution < 1.29 is 23.7 Å². The van der Waals surface area contributed by atoms with Gasteiger partial charge in [-0.15, -0.1) is 0 Å². The summed E-state index contributed by atoms with van der Waals surface area (Å²) in [6, 6.07) is 9.80. The maximum absolute atomic E-state index is 13.6. The highest BCUT2D eigenvalue weighted by Crippen LogP contribution is 2.49. The molecule has 6 heteroatoms. The summed E-state index contributed by atoms with van der Waals surface area (Å²) < 4.78 is 24.4. The van der Waals surface area contributed by atoms with Crippen LogP contribution in [0.25, 0.3) is 0 Å². The lowest BCUT2D eigenvalue weighted by Crippen LogP contribution is -2.60. The molecule has 1 aromatic rings. The van der Waals surface area contributed by atoms with Crippen LogP contribution in [-0.2, 0) is 25.6 Å². The van der Waals surface area contributed by atoms with E-state index < -0.39 is 16.9 Å². The zero-order valence-electron chi connectivity index (χ0n) is 20.3. The van der Waals surface area contributed by atoms with Crippen LogP contribution < -0.4 is 0 Å². The summed E-state index contributed by atoms with van der Waals surface area (Å²) in [6.07, 6.45) is 6.17. The molecule has 3 unspecified atom stereocenters. The third kappa shape index (κ3) is 4.55. The Labute approximate surface area is 192 Å². The summed E-state index contributed by atoms with van der Waals surface area (Å²) >= 11 is 0. The van der Waals surface area contributed by atoms with Gasteiger partial charge in [0.05, 0.1) is 11.1 Å². The molecule has 2 aliphatic heterocycles. The molecule has 32 heavy (non-hydrogen) atoms. The van der Waals surface area contributed by atoms with Crippen molar-refractivity contribution in [1.29, 1.82) is 0 Å². The molecule has 1 aromatic carbocycles. The molecule has 3 atom stereocenters. The number of rotatable bonds is 5. The minimum Gasteiger partial charge on any atom is -0.444 e. The molecule has 2 heterocycles. The van der Waals surface area contributed by atoms with Gasteiger partial charge >= 0.3 is 6.09 Å². The molecular weight excluding hydrogens is 406 g/mol. The van der Waals surface area contributed by atoms with Gasteiger partial charge in [0, 0.05) is 0 Å². The third-order valence-corrected chi connectivity index (χ3v) is 7.53. The second-order valence-electron chi connectivity index (χ2n) is 10.9. The first kappa shape index (κ1) is 23.5. The van der Waals surface area contributed by atoms with Crippen molar-refractivity contribution in [2.75, 3.05) is 6.79 Å². The summed E-state index contributed by atoms with van der Waals surface area (Å²) in [7, 11) is 0. The fourth-order valence-electron chi connectivity index (χ4n) is 6.01. The van der Waals surface area contributed by atoms with E-state index in [0.29, 0.717) is 5.92 Å². The molecule has 3 fully saturated rings. The molecular formula is C26H39NO5. The summed E-state index contributed by atoms with van der Waals surface area (Å²) in [4.78, 5) is 15.4. The van der Waals surface area contributed by atoms with Crippen LogP contribution in [-0.4, -0.2) is 46.9 Å². The van der Waals surface area contributed by atoms with Crippen LogP contribution in [0, 0.1) is 5.92 Å². The highest BCUT2D eigenvalue weighted by atomic mass is 16.7. The van der Waals surface area contributed by atoms with Gasteiger partial charge in [0.1, 0.15) is 31.3 Å². The topological polar surface area (TPSA) is 57.2 Å². The van der Waals surface area contributed by atoms with Gasteiger partial charge in [0.25, 0.3) is 0 Å². The molecule has 3 aliphatic rings. The van der Waals surface area contributed by atoms with Gasteiger partial charge in [-0.25, -0.2) is 4.79 Å². The van der Waals surface area contributed by atoms with Crippen LogP contribution in [0.4, 0.5) is 4.79 Å². The van der Waals surface area contributed by atoms with Gasteiger partial charge < -0.3 is 18.9 Å². The quantitative estimate of drug-likeness (QED) is 0.587. The number of hydrogen-bond donors (Lipinski definition) is 0. The minimum absolute atomic E-state index is 0.241. The van der Waals surface area contributed by atoms with E-state index in [1.165, 1.54) is 32.1 Å². The lowest BCUT2D eigenvalue weighted by Gasteiger charge is -2.44. The van der Waals surface area contributed by atoms with E-state index in [1.807, 2.05) is 62.9 Å². The van der Waals surface area contributed by atoms with Gasteiger partial charge in [-0.2, -0.15) is 0 Å². The fraction of sp³-hybridized carbons (Fsp3) is 0.731. The van der Waals surface area contributed by atoms with Gasteiger partial charge in [-0.05, 0) is 52.5 Å². The third-order valence-electron chi connectivity index (χ3n) is 7.53. The van der Waals surface area contributed by atoms with Crippen molar-refractivity contribution in [3.63, 3.8) is 0 Å². The van der Waals surface area contributed by atoms with Gasteiger partial charge in [0.15, 0.2) is 0 Å². The number of carbonyl (C=O) groups excluding carboxylic acids is 1. The lowest BCUT2D eigenvalue weighted by molar-refractivity contribution is -0.113. The highest BCUT2D eigenvalue weighted by Gasteiger charge is 2.64. The Balaban J connectivity index is 1.62. The van der Waals surface area contributed by atoms with Crippen molar-refractivity contribution in [2.45, 2.75) is 109 Å². The molecule has 1 amide bonds. The average Bonchev–Trinajstić information content (AvgIpc) is 3.19. The number of amides is 1. The van der Waals surface area contributed by atoms with E-state index >= 15 is 0 Å². The van der Waals surface area contributed by atoms with Crippen LogP contribution >= 0.6 is 0 Å². The molecule has 6 nitrogen and oxygen atoms in total. The highest BCUT2D eigenvalue weighted by molar-refractivity contribution is 5.70. The van der Waals surface area contributed by atoms with Crippen LogP contribution in [0.3, 0.4) is 0 Å². The summed E-state index contributed by atoms with van der Waals surface area (Å²) in [6.45, 7) is 10.6. The molecule has 1 aliphatic carbocycles. The molecule has 2 saturated heterocycles. The normalized spacial score (nSPS) is 32.2. The Morgan fingerprint density at radius 2 is 1.72 bits per heavy atom. The minimum atomic E-state index is -0.816. The van der Waals surface area contributed by atoms with Crippen molar-refractivity contribution in [1.82, 2.24) is 4.90 Å². The van der Waals surface area contributed by atoms with Crippen molar-refractivity contribution >= 4 is 6.09 Å². The van der Waals surface area contributed by atoms with Crippen LogP contribution in [0.2, 0.25) is 0 Å². The van der Waals surface area contributed by atoms with E-state index in [4.69, 9.17) is 18.9 Å². The lowest BCUT2D eigenvalue weighted by atomic mass is 9.74. The first-order valence-electron chi connectivity index (χ1n) is 12.1. The Hall–Kier alpha value is -1.63. The van der Waals surface area contributed by atoms with Gasteiger partial charge in [-0.3, -0.25) is 4.90 Å². The zero-order valence-corrected chi connectivity index (χ0v) is 20.3. The zero-order chi connectivity index (χ0) is 23.0. The maximum Gasteiger partial charge on any atom is 0.412 e. The molecule has 4 rings (SSSR count). The van der Waals surface area contributed by atoms with Crippen molar-refractivity contribution in [2.24, 2.45) is 5.92 Å². The number of benzene rings is 1. The molecule has 0 spiro atoms. The second kappa shape index (κ2) is 8.96. The van der Waals surface area contributed by atoms with E-state index in [9.17, 15) is 4.79 Å². The van der Waals surface area contributed by atoms with Crippen LogP contribution in [0.5, 0.6) is 0 Å². The SMILES string of the molecule is CC1(C)OCOC1C1OC(C)(C)N(C(=O)OCc2ccccc2)C1(C)CC1CCCCC1.